The zero-order chi connectivity index (χ0) is 13.5. The van der Waals surface area contributed by atoms with Crippen LogP contribution in [0.25, 0.3) is 11.0 Å². The van der Waals surface area contributed by atoms with Gasteiger partial charge in [0.25, 0.3) is 0 Å². The summed E-state index contributed by atoms with van der Waals surface area (Å²) in [4.78, 5) is 11.1. The molecule has 2 aromatic rings. The lowest BCUT2D eigenvalue weighted by atomic mass is 9.85. The van der Waals surface area contributed by atoms with Gasteiger partial charge in [0.2, 0.25) is 0 Å². The molecule has 0 amide bonds. The van der Waals surface area contributed by atoms with Gasteiger partial charge in [0, 0.05) is 10.9 Å². The fraction of sp³-hybridized carbons (Fsp3) is 0.357. The molecule has 0 aliphatic heterocycles. The molecule has 1 N–H and O–H groups in total. The van der Waals surface area contributed by atoms with Crippen molar-refractivity contribution in [3.63, 3.8) is 0 Å². The molecule has 1 heterocycles. The van der Waals surface area contributed by atoms with Gasteiger partial charge in [0.1, 0.15) is 23.2 Å². The molecule has 0 bridgehead atoms. The van der Waals surface area contributed by atoms with E-state index in [1.165, 1.54) is 6.26 Å². The number of hydrogen-bond donors (Lipinski definition) is 1. The molecule has 1 aromatic carbocycles. The minimum atomic E-state index is -0.998. The molecular formula is C14H16O4. The second-order valence-corrected chi connectivity index (χ2v) is 5.26. The predicted molar refractivity (Wildman–Crippen MR) is 68.4 cm³/mol. The van der Waals surface area contributed by atoms with Crippen LogP contribution in [-0.2, 0) is 5.41 Å². The molecule has 4 nitrogen and oxygen atoms in total. The van der Waals surface area contributed by atoms with Gasteiger partial charge in [0.15, 0.2) is 0 Å². The number of carboxylic acid groups (broad SMARTS) is 1. The van der Waals surface area contributed by atoms with Gasteiger partial charge in [-0.2, -0.15) is 0 Å². The van der Waals surface area contributed by atoms with Crippen molar-refractivity contribution in [2.24, 2.45) is 0 Å². The first-order valence-electron chi connectivity index (χ1n) is 5.67. The summed E-state index contributed by atoms with van der Waals surface area (Å²) in [6.07, 6.45) is 1.28. The van der Waals surface area contributed by atoms with Crippen LogP contribution in [0.1, 0.15) is 36.7 Å². The van der Waals surface area contributed by atoms with Gasteiger partial charge in [-0.15, -0.1) is 0 Å². The van der Waals surface area contributed by atoms with Gasteiger partial charge < -0.3 is 14.3 Å². The maximum atomic E-state index is 11.1. The van der Waals surface area contributed by atoms with Crippen LogP contribution in [0.3, 0.4) is 0 Å². The van der Waals surface area contributed by atoms with E-state index in [1.807, 2.05) is 26.8 Å². The molecule has 0 atom stereocenters. The SMILES string of the molecule is COc1cc(C(C)(C)C)c2occ(C(=O)O)c2c1. The number of carbonyl (C=O) groups is 1. The van der Waals surface area contributed by atoms with Crippen molar-refractivity contribution in [2.75, 3.05) is 7.11 Å². The highest BCUT2D eigenvalue weighted by molar-refractivity contribution is 6.03. The lowest BCUT2D eigenvalue weighted by Crippen LogP contribution is -2.11. The Bertz CT molecular complexity index is 602. The third-order valence-electron chi connectivity index (χ3n) is 2.92. The maximum Gasteiger partial charge on any atom is 0.339 e. The molecule has 0 saturated carbocycles. The van der Waals surface area contributed by atoms with E-state index in [0.29, 0.717) is 16.7 Å². The van der Waals surface area contributed by atoms with Crippen LogP contribution in [0.4, 0.5) is 0 Å². The zero-order valence-corrected chi connectivity index (χ0v) is 10.9. The lowest BCUT2D eigenvalue weighted by molar-refractivity contribution is 0.0698. The van der Waals surface area contributed by atoms with Crippen molar-refractivity contribution < 1.29 is 19.1 Å². The van der Waals surface area contributed by atoms with Crippen LogP contribution >= 0.6 is 0 Å². The van der Waals surface area contributed by atoms with Crippen LogP contribution in [0.15, 0.2) is 22.8 Å². The molecule has 1 aromatic heterocycles. The van der Waals surface area contributed by atoms with E-state index in [1.54, 1.807) is 13.2 Å². The Morgan fingerprint density at radius 3 is 2.50 bits per heavy atom. The Kier molecular flexibility index (Phi) is 2.81. The minimum absolute atomic E-state index is 0.152. The van der Waals surface area contributed by atoms with Gasteiger partial charge in [-0.25, -0.2) is 4.79 Å². The number of methoxy groups -OCH3 is 1. The Labute approximate surface area is 105 Å². The van der Waals surface area contributed by atoms with Gasteiger partial charge in [0.05, 0.1) is 7.11 Å². The molecule has 0 aliphatic rings. The molecule has 4 heteroatoms. The highest BCUT2D eigenvalue weighted by Gasteiger charge is 2.23. The second-order valence-electron chi connectivity index (χ2n) is 5.26. The highest BCUT2D eigenvalue weighted by atomic mass is 16.5. The Balaban J connectivity index is 2.83. The first-order chi connectivity index (χ1) is 8.34. The summed E-state index contributed by atoms with van der Waals surface area (Å²) in [5, 5.41) is 9.70. The van der Waals surface area contributed by atoms with Crippen molar-refractivity contribution >= 4 is 16.9 Å². The van der Waals surface area contributed by atoms with Crippen LogP contribution in [0, 0.1) is 0 Å². The van der Waals surface area contributed by atoms with E-state index >= 15 is 0 Å². The molecule has 0 fully saturated rings. The number of rotatable bonds is 2. The molecule has 0 saturated heterocycles. The lowest BCUT2D eigenvalue weighted by Gasteiger charge is -2.20. The largest absolute Gasteiger partial charge is 0.497 e. The smallest absolute Gasteiger partial charge is 0.339 e. The Hall–Kier alpha value is -1.97. The van der Waals surface area contributed by atoms with E-state index in [2.05, 4.69) is 0 Å². The van der Waals surface area contributed by atoms with Crippen LogP contribution in [-0.4, -0.2) is 18.2 Å². The number of aromatic carboxylic acids is 1. The molecule has 96 valence electrons. The fourth-order valence-electron chi connectivity index (χ4n) is 1.95. The van der Waals surface area contributed by atoms with E-state index in [9.17, 15) is 4.79 Å². The third kappa shape index (κ3) is 1.94. The average Bonchev–Trinajstić information content (AvgIpc) is 2.69. The summed E-state index contributed by atoms with van der Waals surface area (Å²) in [5.74, 6) is -0.363. The molecule has 18 heavy (non-hydrogen) atoms. The number of hydrogen-bond acceptors (Lipinski definition) is 3. The van der Waals surface area contributed by atoms with Gasteiger partial charge in [-0.1, -0.05) is 20.8 Å². The molecule has 0 radical (unpaired) electrons. The summed E-state index contributed by atoms with van der Waals surface area (Å²) in [5.41, 5.74) is 1.56. The first kappa shape index (κ1) is 12.5. The van der Waals surface area contributed by atoms with E-state index in [4.69, 9.17) is 14.3 Å². The minimum Gasteiger partial charge on any atom is -0.497 e. The average molecular weight is 248 g/mol. The van der Waals surface area contributed by atoms with Crippen molar-refractivity contribution in [1.29, 1.82) is 0 Å². The fourth-order valence-corrected chi connectivity index (χ4v) is 1.95. The first-order valence-corrected chi connectivity index (χ1v) is 5.67. The van der Waals surface area contributed by atoms with Crippen LogP contribution in [0.5, 0.6) is 5.75 Å². The topological polar surface area (TPSA) is 59.7 Å². The van der Waals surface area contributed by atoms with Crippen LogP contribution < -0.4 is 4.74 Å². The van der Waals surface area contributed by atoms with Crippen LogP contribution in [0.2, 0.25) is 0 Å². The predicted octanol–water partition coefficient (Wildman–Crippen LogP) is 3.44. The summed E-state index contributed by atoms with van der Waals surface area (Å²) in [6, 6.07) is 3.58. The Morgan fingerprint density at radius 1 is 1.33 bits per heavy atom. The van der Waals surface area contributed by atoms with E-state index in [0.717, 1.165) is 5.56 Å². The summed E-state index contributed by atoms with van der Waals surface area (Å²) in [7, 11) is 1.56. The van der Waals surface area contributed by atoms with E-state index < -0.39 is 5.97 Å². The standard InChI is InChI=1S/C14H16O4/c1-14(2,3)11-6-8(17-4)5-9-10(13(15)16)7-18-12(9)11/h5-7H,1-4H3,(H,15,16). The van der Waals surface area contributed by atoms with Crippen molar-refractivity contribution in [1.82, 2.24) is 0 Å². The van der Waals surface area contributed by atoms with E-state index in [-0.39, 0.29) is 11.0 Å². The molecule has 0 aliphatic carbocycles. The molecule has 2 rings (SSSR count). The summed E-state index contributed by atoms with van der Waals surface area (Å²) < 4.78 is 10.7. The van der Waals surface area contributed by atoms with Gasteiger partial charge in [-0.05, 0) is 17.5 Å². The summed E-state index contributed by atoms with van der Waals surface area (Å²) in [6.45, 7) is 6.14. The maximum absolute atomic E-state index is 11.1. The molecule has 0 unspecified atom stereocenters. The Morgan fingerprint density at radius 2 is 2.00 bits per heavy atom. The number of fused-ring (bicyclic) bond motifs is 1. The van der Waals surface area contributed by atoms with Crippen molar-refractivity contribution in [3.8, 4) is 5.75 Å². The van der Waals surface area contributed by atoms with Gasteiger partial charge in [-0.3, -0.25) is 0 Å². The number of benzene rings is 1. The molecule has 0 spiro atoms. The second kappa shape index (κ2) is 4.05. The highest BCUT2D eigenvalue weighted by Crippen LogP contribution is 2.36. The normalized spacial score (nSPS) is 11.8. The quantitative estimate of drug-likeness (QED) is 0.884. The zero-order valence-electron chi connectivity index (χ0n) is 10.9. The number of carboxylic acids is 1. The number of ether oxygens (including phenoxy) is 1. The monoisotopic (exact) mass is 248 g/mol. The third-order valence-corrected chi connectivity index (χ3v) is 2.92. The van der Waals surface area contributed by atoms with Crippen molar-refractivity contribution in [3.05, 3.63) is 29.5 Å². The van der Waals surface area contributed by atoms with Gasteiger partial charge >= 0.3 is 5.97 Å². The van der Waals surface area contributed by atoms with Crippen molar-refractivity contribution in [2.45, 2.75) is 26.2 Å². The molecular weight excluding hydrogens is 232 g/mol. The number of furan rings is 1. The summed E-state index contributed by atoms with van der Waals surface area (Å²) >= 11 is 0.